The lowest BCUT2D eigenvalue weighted by Crippen LogP contribution is -2.17. The Balaban J connectivity index is 2.05. The number of para-hydroxylation sites is 1. The largest absolute Gasteiger partial charge is 0.496 e. The number of sulfonamides is 1. The quantitative estimate of drug-likeness (QED) is 0.612. The first kappa shape index (κ1) is 19.9. The van der Waals surface area contributed by atoms with Crippen molar-refractivity contribution in [2.75, 3.05) is 11.8 Å². The molecule has 0 saturated carbocycles. The molecule has 28 heavy (non-hydrogen) atoms. The molecule has 0 atom stereocenters. The minimum Gasteiger partial charge on any atom is -0.496 e. The molecule has 0 amide bonds. The number of ketones is 1. The first-order chi connectivity index (χ1) is 13.3. The average molecular weight is 417 g/mol. The summed E-state index contributed by atoms with van der Waals surface area (Å²) in [6.45, 7) is 1.79. The second-order valence-electron chi connectivity index (χ2n) is 6.00. The minimum absolute atomic E-state index is 0.00934. The highest BCUT2D eigenvalue weighted by molar-refractivity contribution is 7.92. The van der Waals surface area contributed by atoms with Gasteiger partial charge in [-0.1, -0.05) is 35.9 Å². The van der Waals surface area contributed by atoms with Gasteiger partial charge in [0.05, 0.1) is 28.3 Å². The Morgan fingerprint density at radius 1 is 1.11 bits per heavy atom. The fourth-order valence-corrected chi connectivity index (χ4v) is 3.96. The van der Waals surface area contributed by atoms with Crippen LogP contribution in [0.3, 0.4) is 0 Å². The third-order valence-corrected chi connectivity index (χ3v) is 5.54. The Kier molecular flexibility index (Phi) is 5.67. The van der Waals surface area contributed by atoms with Crippen LogP contribution in [-0.2, 0) is 10.0 Å². The summed E-state index contributed by atoms with van der Waals surface area (Å²) in [5, 5.41) is 0.193. The maximum atomic E-state index is 13.0. The van der Waals surface area contributed by atoms with Gasteiger partial charge in [-0.25, -0.2) is 13.4 Å². The topological polar surface area (TPSA) is 85.4 Å². The first-order valence-electron chi connectivity index (χ1n) is 8.24. The van der Waals surface area contributed by atoms with Crippen molar-refractivity contribution in [2.45, 2.75) is 11.8 Å². The molecule has 8 heteroatoms. The van der Waals surface area contributed by atoms with Gasteiger partial charge in [-0.15, -0.1) is 0 Å². The standard InChI is InChI=1S/C20H17ClN2O4S/c1-13-6-5-7-15(10-13)28(25,26)23-17-11-14(21)12-22-19(17)20(24)16-8-3-4-9-18(16)27-2/h3-12,23H,1-2H3. The Morgan fingerprint density at radius 3 is 2.57 bits per heavy atom. The number of carbonyl (C=O) groups excluding carboxylic acids is 1. The molecule has 0 radical (unpaired) electrons. The number of benzene rings is 2. The zero-order valence-corrected chi connectivity index (χ0v) is 16.7. The van der Waals surface area contributed by atoms with Crippen LogP contribution in [0.25, 0.3) is 0 Å². The SMILES string of the molecule is COc1ccccc1C(=O)c1ncc(Cl)cc1NS(=O)(=O)c1cccc(C)c1. The fourth-order valence-electron chi connectivity index (χ4n) is 2.64. The number of ether oxygens (including phenoxy) is 1. The van der Waals surface area contributed by atoms with Crippen molar-refractivity contribution in [3.05, 3.63) is 82.6 Å². The molecule has 6 nitrogen and oxygen atoms in total. The van der Waals surface area contributed by atoms with E-state index in [1.165, 1.54) is 31.5 Å². The molecule has 0 fully saturated rings. The molecular weight excluding hydrogens is 400 g/mol. The number of aromatic nitrogens is 1. The van der Waals surface area contributed by atoms with Crippen LogP contribution in [-0.4, -0.2) is 26.3 Å². The number of carbonyl (C=O) groups is 1. The molecule has 2 aromatic carbocycles. The minimum atomic E-state index is -3.94. The maximum Gasteiger partial charge on any atom is 0.261 e. The second-order valence-corrected chi connectivity index (χ2v) is 8.12. The summed E-state index contributed by atoms with van der Waals surface area (Å²) in [6.07, 6.45) is 1.29. The Bertz CT molecular complexity index is 1150. The number of hydrogen-bond acceptors (Lipinski definition) is 5. The summed E-state index contributed by atoms with van der Waals surface area (Å²) in [4.78, 5) is 17.1. The zero-order chi connectivity index (χ0) is 20.3. The Hall–Kier alpha value is -2.90. The van der Waals surface area contributed by atoms with E-state index >= 15 is 0 Å². The van der Waals surface area contributed by atoms with Crippen LogP contribution >= 0.6 is 11.6 Å². The van der Waals surface area contributed by atoms with Gasteiger partial charge in [0.1, 0.15) is 11.4 Å². The summed E-state index contributed by atoms with van der Waals surface area (Å²) in [7, 11) is -2.49. The summed E-state index contributed by atoms with van der Waals surface area (Å²) in [6, 6.07) is 14.4. The van der Waals surface area contributed by atoms with Crippen LogP contribution in [0.2, 0.25) is 5.02 Å². The number of halogens is 1. The van der Waals surface area contributed by atoms with Crippen molar-refractivity contribution in [2.24, 2.45) is 0 Å². The molecule has 0 aliphatic carbocycles. The number of pyridine rings is 1. The van der Waals surface area contributed by atoms with Crippen molar-refractivity contribution in [1.82, 2.24) is 4.98 Å². The molecule has 1 aromatic heterocycles. The van der Waals surface area contributed by atoms with Crippen molar-refractivity contribution in [3.63, 3.8) is 0 Å². The molecule has 0 unspecified atom stereocenters. The van der Waals surface area contributed by atoms with Crippen LogP contribution in [0.5, 0.6) is 5.75 Å². The predicted molar refractivity (Wildman–Crippen MR) is 108 cm³/mol. The third-order valence-electron chi connectivity index (χ3n) is 3.97. The number of anilines is 1. The van der Waals surface area contributed by atoms with Crippen LogP contribution < -0.4 is 9.46 Å². The van der Waals surface area contributed by atoms with Gasteiger partial charge in [-0.3, -0.25) is 9.52 Å². The number of methoxy groups -OCH3 is 1. The first-order valence-corrected chi connectivity index (χ1v) is 10.1. The van der Waals surface area contributed by atoms with E-state index in [1.54, 1.807) is 43.3 Å². The Labute approximate surface area is 168 Å². The van der Waals surface area contributed by atoms with E-state index in [1.807, 2.05) is 0 Å². The molecule has 1 N–H and O–H groups in total. The van der Waals surface area contributed by atoms with Crippen molar-refractivity contribution >= 4 is 33.1 Å². The van der Waals surface area contributed by atoms with E-state index in [-0.39, 0.29) is 26.9 Å². The summed E-state index contributed by atoms with van der Waals surface area (Å²) < 4.78 is 33.2. The molecule has 0 bridgehead atoms. The van der Waals surface area contributed by atoms with E-state index in [0.29, 0.717) is 5.75 Å². The van der Waals surface area contributed by atoms with Gasteiger partial charge in [0, 0.05) is 6.20 Å². The van der Waals surface area contributed by atoms with Gasteiger partial charge in [0.2, 0.25) is 5.78 Å². The number of aryl methyl sites for hydroxylation is 1. The van der Waals surface area contributed by atoms with Crippen molar-refractivity contribution in [3.8, 4) is 5.75 Å². The van der Waals surface area contributed by atoms with E-state index in [2.05, 4.69) is 9.71 Å². The highest BCUT2D eigenvalue weighted by Crippen LogP contribution is 2.27. The van der Waals surface area contributed by atoms with Crippen LogP contribution in [0, 0.1) is 6.92 Å². The summed E-state index contributed by atoms with van der Waals surface area (Å²) in [5.74, 6) is -0.132. The van der Waals surface area contributed by atoms with Crippen LogP contribution in [0.4, 0.5) is 5.69 Å². The number of rotatable bonds is 6. The van der Waals surface area contributed by atoms with E-state index in [4.69, 9.17) is 16.3 Å². The van der Waals surface area contributed by atoms with E-state index < -0.39 is 15.8 Å². The highest BCUT2D eigenvalue weighted by Gasteiger charge is 2.23. The molecular formula is C20H17ClN2O4S. The van der Waals surface area contributed by atoms with Gasteiger partial charge >= 0.3 is 0 Å². The molecule has 144 valence electrons. The highest BCUT2D eigenvalue weighted by atomic mass is 35.5. The number of nitrogens with zero attached hydrogens (tertiary/aromatic N) is 1. The van der Waals surface area contributed by atoms with E-state index in [0.717, 1.165) is 5.56 Å². The Morgan fingerprint density at radius 2 is 1.86 bits per heavy atom. The van der Waals surface area contributed by atoms with Gasteiger partial charge < -0.3 is 4.74 Å². The lowest BCUT2D eigenvalue weighted by Gasteiger charge is -2.13. The van der Waals surface area contributed by atoms with E-state index in [9.17, 15) is 13.2 Å². The fraction of sp³-hybridized carbons (Fsp3) is 0.100. The monoisotopic (exact) mass is 416 g/mol. The predicted octanol–water partition coefficient (Wildman–Crippen LogP) is 4.08. The smallest absolute Gasteiger partial charge is 0.261 e. The van der Waals surface area contributed by atoms with Crippen LogP contribution in [0.1, 0.15) is 21.6 Å². The maximum absolute atomic E-state index is 13.0. The second kappa shape index (κ2) is 8.00. The molecule has 0 saturated heterocycles. The van der Waals surface area contributed by atoms with Crippen molar-refractivity contribution in [1.29, 1.82) is 0 Å². The zero-order valence-electron chi connectivity index (χ0n) is 15.1. The molecule has 3 rings (SSSR count). The number of hydrogen-bond donors (Lipinski definition) is 1. The lowest BCUT2D eigenvalue weighted by atomic mass is 10.1. The van der Waals surface area contributed by atoms with Gasteiger partial charge in [0.15, 0.2) is 0 Å². The summed E-state index contributed by atoms with van der Waals surface area (Å²) in [5.41, 5.74) is 0.961. The normalized spacial score (nSPS) is 11.1. The molecule has 0 aliphatic rings. The summed E-state index contributed by atoms with van der Waals surface area (Å²) >= 11 is 5.99. The molecule has 3 aromatic rings. The van der Waals surface area contributed by atoms with Gasteiger partial charge in [0.25, 0.3) is 10.0 Å². The van der Waals surface area contributed by atoms with Crippen molar-refractivity contribution < 1.29 is 17.9 Å². The lowest BCUT2D eigenvalue weighted by molar-refractivity contribution is 0.103. The molecule has 1 heterocycles. The number of nitrogens with one attached hydrogen (secondary N) is 1. The van der Waals surface area contributed by atoms with Crippen LogP contribution in [0.15, 0.2) is 65.7 Å². The van der Waals surface area contributed by atoms with Gasteiger partial charge in [-0.2, -0.15) is 0 Å². The van der Waals surface area contributed by atoms with Gasteiger partial charge in [-0.05, 0) is 42.8 Å². The molecule has 0 aliphatic heterocycles. The average Bonchev–Trinajstić information content (AvgIpc) is 2.67. The third kappa shape index (κ3) is 4.16. The molecule has 0 spiro atoms.